The second-order valence-electron chi connectivity index (χ2n) is 8.20. The number of aliphatic hydroxyl groups excluding tert-OH is 1. The molecule has 39 heavy (non-hydrogen) atoms. The number of carboxylic acid groups (broad SMARTS) is 1. The summed E-state index contributed by atoms with van der Waals surface area (Å²) in [5.74, 6) is 0.235. The molecule has 2 aromatic heterocycles. The van der Waals surface area contributed by atoms with Gasteiger partial charge in [0.15, 0.2) is 5.82 Å². The van der Waals surface area contributed by atoms with Crippen molar-refractivity contribution in [3.63, 3.8) is 0 Å². The molecule has 2 heterocycles. The summed E-state index contributed by atoms with van der Waals surface area (Å²) < 4.78 is 6.79. The van der Waals surface area contributed by atoms with Crippen molar-refractivity contribution < 1.29 is 19.7 Å². The van der Waals surface area contributed by atoms with Gasteiger partial charge in [-0.3, -0.25) is 15.2 Å². The van der Waals surface area contributed by atoms with E-state index in [1.807, 2.05) is 25.1 Å². The molecule has 4 aromatic rings. The highest BCUT2D eigenvalue weighted by molar-refractivity contribution is 5.95. The van der Waals surface area contributed by atoms with E-state index in [9.17, 15) is 9.90 Å². The Morgan fingerprint density at radius 2 is 1.87 bits per heavy atom. The summed E-state index contributed by atoms with van der Waals surface area (Å²) in [6.07, 6.45) is 3.82. The number of amidine groups is 1. The third-order valence-electron chi connectivity index (χ3n) is 5.25. The number of nitrogens with one attached hydrogen (secondary N) is 3. The Morgan fingerprint density at radius 3 is 2.46 bits per heavy atom. The number of H-pyrrole nitrogens is 1. The van der Waals surface area contributed by atoms with Crippen molar-refractivity contribution in [1.82, 2.24) is 24.7 Å². The highest BCUT2D eigenvalue weighted by atomic mass is 16.5. The minimum atomic E-state index is -0.833. The van der Waals surface area contributed by atoms with Crippen molar-refractivity contribution in [2.24, 2.45) is 5.73 Å². The van der Waals surface area contributed by atoms with E-state index in [0.29, 0.717) is 17.1 Å². The number of aromatic amines is 1. The molecule has 0 aliphatic rings. The monoisotopic (exact) mass is 534 g/mol. The normalized spacial score (nSPS) is 11.2. The van der Waals surface area contributed by atoms with Crippen LogP contribution in [0.15, 0.2) is 65.7 Å². The molecule has 1 unspecified atom stereocenters. The summed E-state index contributed by atoms with van der Waals surface area (Å²) in [5.41, 5.74) is 8.23. The topological polar surface area (TPSA) is 205 Å². The van der Waals surface area contributed by atoms with Crippen LogP contribution in [0.2, 0.25) is 0 Å². The van der Waals surface area contributed by atoms with Crippen LogP contribution in [0.25, 0.3) is 5.95 Å². The van der Waals surface area contributed by atoms with Crippen molar-refractivity contribution in [1.29, 1.82) is 5.41 Å². The first-order valence-electron chi connectivity index (χ1n) is 12.0. The number of aryl methyl sites for hydroxylation is 1. The highest BCUT2D eigenvalue weighted by Crippen LogP contribution is 2.29. The maximum atomic E-state index is 12.7. The Labute approximate surface area is 223 Å². The highest BCUT2D eigenvalue weighted by Gasteiger charge is 2.22. The zero-order valence-electron chi connectivity index (χ0n) is 21.5. The Kier molecular flexibility index (Phi) is 9.87. The summed E-state index contributed by atoms with van der Waals surface area (Å²) in [4.78, 5) is 32.8. The standard InChI is InChI=1S/C24H26N8O3.C2H4O2/c1-2-15-12-17(14-19(13-15)35-11-10-33)20(29-18-6-4-16(5-7-18)21(25)26)22-30-24(34)32(31-22)23-27-8-3-9-28-23;1-2(3)4/h3-9,12-14,20,29,33H,2,10-11H2,1H3,(H3,25,26)(H,30,31,34);1H3,(H,3,4). The number of aliphatic carboxylic acids is 1. The molecule has 0 aliphatic heterocycles. The van der Waals surface area contributed by atoms with Crippen molar-refractivity contribution >= 4 is 17.5 Å². The van der Waals surface area contributed by atoms with Gasteiger partial charge in [-0.2, -0.15) is 0 Å². The fraction of sp³-hybridized carbons (Fsp3) is 0.231. The average molecular weight is 535 g/mol. The lowest BCUT2D eigenvalue weighted by atomic mass is 10.0. The lowest BCUT2D eigenvalue weighted by molar-refractivity contribution is -0.134. The van der Waals surface area contributed by atoms with E-state index in [4.69, 9.17) is 25.8 Å². The average Bonchev–Trinajstić information content (AvgIpc) is 3.31. The van der Waals surface area contributed by atoms with Crippen molar-refractivity contribution in [3.05, 3.63) is 93.9 Å². The zero-order chi connectivity index (χ0) is 28.4. The number of hydrogen-bond acceptors (Lipinski definition) is 9. The number of ether oxygens (including phenoxy) is 1. The van der Waals surface area contributed by atoms with Gasteiger partial charge in [0.2, 0.25) is 0 Å². The molecule has 0 spiro atoms. The molecule has 0 aliphatic carbocycles. The van der Waals surface area contributed by atoms with Gasteiger partial charge in [-0.25, -0.2) is 14.8 Å². The van der Waals surface area contributed by atoms with Gasteiger partial charge in [-0.05, 0) is 60.0 Å². The Hall–Kier alpha value is -5.04. The van der Waals surface area contributed by atoms with Gasteiger partial charge >= 0.3 is 5.69 Å². The van der Waals surface area contributed by atoms with Gasteiger partial charge in [0, 0.05) is 30.6 Å². The fourth-order valence-corrected chi connectivity index (χ4v) is 3.53. The minimum absolute atomic E-state index is 0.0274. The molecule has 2 aromatic carbocycles. The van der Waals surface area contributed by atoms with E-state index < -0.39 is 17.7 Å². The van der Waals surface area contributed by atoms with Gasteiger partial charge < -0.3 is 26.0 Å². The number of anilines is 1. The molecule has 4 rings (SSSR count). The number of rotatable bonds is 10. The van der Waals surface area contributed by atoms with Crippen molar-refractivity contribution in [3.8, 4) is 11.7 Å². The predicted octanol–water partition coefficient (Wildman–Crippen LogP) is 1.86. The molecule has 0 radical (unpaired) electrons. The van der Waals surface area contributed by atoms with Crippen molar-refractivity contribution in [2.75, 3.05) is 18.5 Å². The Morgan fingerprint density at radius 1 is 1.21 bits per heavy atom. The lowest BCUT2D eigenvalue weighted by Crippen LogP contribution is -2.18. The number of carboxylic acids is 1. The summed E-state index contributed by atoms with van der Waals surface area (Å²) in [6, 6.07) is 13.9. The molecule has 0 bridgehead atoms. The SMILES string of the molecule is CC(=O)O.CCc1cc(OCCO)cc(C(Nc2ccc(C(=N)N)cc2)c2nn(-c3ncccn3)c(=O)[nH]2)c1. The van der Waals surface area contributed by atoms with Crippen LogP contribution < -0.4 is 21.5 Å². The molecule has 0 amide bonds. The van der Waals surface area contributed by atoms with E-state index in [1.54, 1.807) is 30.3 Å². The van der Waals surface area contributed by atoms with E-state index in [2.05, 4.69) is 25.4 Å². The van der Waals surface area contributed by atoms with Gasteiger partial charge in [-0.15, -0.1) is 9.78 Å². The predicted molar refractivity (Wildman–Crippen MR) is 144 cm³/mol. The van der Waals surface area contributed by atoms with E-state index in [1.165, 1.54) is 12.4 Å². The van der Waals surface area contributed by atoms with Crippen LogP contribution in [-0.2, 0) is 11.2 Å². The fourth-order valence-electron chi connectivity index (χ4n) is 3.53. The number of nitrogens with zero attached hydrogens (tertiary/aromatic N) is 4. The smallest absolute Gasteiger partial charge is 0.350 e. The third kappa shape index (κ3) is 7.97. The quantitative estimate of drug-likeness (QED) is 0.129. The molecule has 0 fully saturated rings. The van der Waals surface area contributed by atoms with Crippen LogP contribution in [-0.4, -0.2) is 60.0 Å². The Balaban J connectivity index is 0.000000983. The van der Waals surface area contributed by atoms with Gasteiger partial charge in [0.05, 0.1) is 6.61 Å². The van der Waals surface area contributed by atoms with Gasteiger partial charge in [0.1, 0.15) is 24.2 Å². The van der Waals surface area contributed by atoms with E-state index in [-0.39, 0.29) is 25.0 Å². The van der Waals surface area contributed by atoms with Crippen LogP contribution >= 0.6 is 0 Å². The number of aromatic nitrogens is 5. The number of aliphatic hydroxyl groups is 1. The van der Waals surface area contributed by atoms with Crippen LogP contribution in [0.5, 0.6) is 5.75 Å². The summed E-state index contributed by atoms with van der Waals surface area (Å²) in [5, 5.41) is 32.1. The minimum Gasteiger partial charge on any atom is -0.491 e. The van der Waals surface area contributed by atoms with E-state index >= 15 is 0 Å². The molecule has 0 saturated carbocycles. The maximum Gasteiger partial charge on any atom is 0.350 e. The summed E-state index contributed by atoms with van der Waals surface area (Å²) in [6.45, 7) is 3.17. The Bertz CT molecular complexity index is 1450. The largest absolute Gasteiger partial charge is 0.491 e. The molecule has 13 nitrogen and oxygen atoms in total. The first-order chi connectivity index (χ1) is 18.7. The first kappa shape index (κ1) is 28.5. The van der Waals surface area contributed by atoms with Crippen LogP contribution in [0.3, 0.4) is 0 Å². The first-order valence-corrected chi connectivity index (χ1v) is 12.0. The van der Waals surface area contributed by atoms with Crippen LogP contribution in [0.4, 0.5) is 5.69 Å². The maximum absolute atomic E-state index is 12.7. The van der Waals surface area contributed by atoms with E-state index in [0.717, 1.165) is 34.8 Å². The number of carbonyl (C=O) groups is 1. The second-order valence-corrected chi connectivity index (χ2v) is 8.20. The molecule has 1 atom stereocenters. The molecule has 7 N–H and O–H groups in total. The van der Waals surface area contributed by atoms with Crippen molar-refractivity contribution in [2.45, 2.75) is 26.3 Å². The molecule has 0 saturated heterocycles. The van der Waals surface area contributed by atoms with Gasteiger partial charge in [-0.1, -0.05) is 13.0 Å². The zero-order valence-corrected chi connectivity index (χ0v) is 21.5. The number of hydrogen-bond donors (Lipinski definition) is 6. The van der Waals surface area contributed by atoms with Crippen LogP contribution in [0.1, 0.15) is 42.4 Å². The second kappa shape index (κ2) is 13.5. The number of nitrogen functional groups attached to an aromatic ring is 1. The van der Waals surface area contributed by atoms with Crippen LogP contribution in [0, 0.1) is 5.41 Å². The summed E-state index contributed by atoms with van der Waals surface area (Å²) >= 11 is 0. The third-order valence-corrected chi connectivity index (χ3v) is 5.25. The summed E-state index contributed by atoms with van der Waals surface area (Å²) in [7, 11) is 0. The lowest BCUT2D eigenvalue weighted by Gasteiger charge is -2.20. The molecule has 13 heteroatoms. The molecular formula is C26H30N8O5. The number of nitrogens with two attached hydrogens (primary N) is 1. The van der Waals surface area contributed by atoms with Gasteiger partial charge in [0.25, 0.3) is 11.9 Å². The molecular weight excluding hydrogens is 504 g/mol. The molecule has 204 valence electrons. The number of benzene rings is 2.